The Labute approximate surface area is 232 Å². The number of nitrogens with two attached hydrogens (primary N) is 2. The predicted octanol–water partition coefficient (Wildman–Crippen LogP) is 0.389. The maximum absolute atomic E-state index is 13.2. The van der Waals surface area contributed by atoms with Gasteiger partial charge in [0, 0.05) is 29.3 Å². The number of nitrogens with one attached hydrogen (secondary N) is 4. The van der Waals surface area contributed by atoms with Crippen LogP contribution in [0.25, 0.3) is 10.9 Å². The van der Waals surface area contributed by atoms with E-state index < -0.39 is 47.9 Å². The van der Waals surface area contributed by atoms with E-state index in [1.807, 2.05) is 30.5 Å². The van der Waals surface area contributed by atoms with Gasteiger partial charge in [-0.1, -0.05) is 18.2 Å². The van der Waals surface area contributed by atoms with E-state index in [9.17, 15) is 24.3 Å². The summed E-state index contributed by atoms with van der Waals surface area (Å²) in [5.41, 5.74) is 12.9. The minimum atomic E-state index is -1.20. The highest BCUT2D eigenvalue weighted by Gasteiger charge is 2.30. The van der Waals surface area contributed by atoms with E-state index in [0.717, 1.165) is 16.5 Å². The Bertz CT molecular complexity index is 1080. The summed E-state index contributed by atoms with van der Waals surface area (Å²) in [6, 6.07) is 3.47. The summed E-state index contributed by atoms with van der Waals surface area (Å²) in [5, 5.41) is 18.6. The molecule has 3 amide bonds. The van der Waals surface area contributed by atoms with Gasteiger partial charge in [0.05, 0.1) is 6.04 Å². The molecule has 38 heavy (non-hydrogen) atoms. The van der Waals surface area contributed by atoms with Gasteiger partial charge in [-0.2, -0.15) is 24.4 Å². The van der Waals surface area contributed by atoms with Crippen molar-refractivity contribution in [3.63, 3.8) is 0 Å². The van der Waals surface area contributed by atoms with Crippen LogP contribution in [-0.4, -0.2) is 82.3 Å². The van der Waals surface area contributed by atoms with Crippen molar-refractivity contribution < 1.29 is 24.3 Å². The number of thiol groups is 1. The third kappa shape index (κ3) is 9.53. The van der Waals surface area contributed by atoms with Crippen LogP contribution in [0.3, 0.4) is 0 Å². The lowest BCUT2D eigenvalue weighted by Crippen LogP contribution is -2.57. The van der Waals surface area contributed by atoms with Crippen LogP contribution in [0.1, 0.15) is 31.2 Å². The van der Waals surface area contributed by atoms with E-state index in [4.69, 9.17) is 11.5 Å². The average molecular weight is 567 g/mol. The summed E-state index contributed by atoms with van der Waals surface area (Å²) >= 11 is 5.51. The zero-order valence-corrected chi connectivity index (χ0v) is 23.2. The average Bonchev–Trinajstić information content (AvgIpc) is 3.31. The number of aliphatic carboxylic acids is 1. The van der Waals surface area contributed by atoms with Gasteiger partial charge in [0.25, 0.3) is 0 Å². The number of hydrogen-bond acceptors (Lipinski definition) is 8. The van der Waals surface area contributed by atoms with E-state index in [0.29, 0.717) is 31.6 Å². The molecule has 0 fully saturated rings. The number of fused-ring (bicyclic) bond motifs is 1. The highest BCUT2D eigenvalue weighted by Crippen LogP contribution is 2.19. The summed E-state index contributed by atoms with van der Waals surface area (Å²) < 4.78 is 0. The normalized spacial score (nSPS) is 14.3. The van der Waals surface area contributed by atoms with Crippen LogP contribution < -0.4 is 27.4 Å². The molecule has 0 spiro atoms. The lowest BCUT2D eigenvalue weighted by molar-refractivity contribution is -0.142. The van der Waals surface area contributed by atoms with Gasteiger partial charge in [0.15, 0.2) is 0 Å². The maximum Gasteiger partial charge on any atom is 0.326 e. The van der Waals surface area contributed by atoms with Gasteiger partial charge in [-0.15, -0.1) is 0 Å². The molecule has 2 rings (SSSR count). The molecule has 0 bridgehead atoms. The molecule has 11 nitrogen and oxygen atoms in total. The SMILES string of the molecule is CSCCC(NC(=O)C(CCCCN)NC(=O)C(N)CS)C(=O)NC(Cc1c[nH]c2ccccc12)C(=O)O. The summed E-state index contributed by atoms with van der Waals surface area (Å²) in [5.74, 6) is -2.22. The highest BCUT2D eigenvalue weighted by atomic mass is 32.2. The molecule has 0 aliphatic heterocycles. The molecule has 13 heteroatoms. The van der Waals surface area contributed by atoms with Crippen molar-refractivity contribution >= 4 is 59.0 Å². The first-order valence-electron chi connectivity index (χ1n) is 12.5. The number of benzene rings is 1. The van der Waals surface area contributed by atoms with Gasteiger partial charge >= 0.3 is 5.97 Å². The van der Waals surface area contributed by atoms with Crippen LogP contribution in [0.5, 0.6) is 0 Å². The number of thioether (sulfide) groups is 1. The maximum atomic E-state index is 13.2. The molecule has 4 atom stereocenters. The largest absolute Gasteiger partial charge is 0.480 e. The molecular weight excluding hydrogens is 528 g/mol. The fourth-order valence-corrected chi connectivity index (χ4v) is 4.53. The lowest BCUT2D eigenvalue weighted by Gasteiger charge is -2.25. The Kier molecular flexibility index (Phi) is 13.5. The first-order chi connectivity index (χ1) is 18.2. The Morgan fingerprint density at radius 2 is 1.63 bits per heavy atom. The van der Waals surface area contributed by atoms with Crippen LogP contribution in [-0.2, 0) is 25.6 Å². The Morgan fingerprint density at radius 3 is 2.26 bits per heavy atom. The number of carboxylic acids is 1. The number of carboxylic acid groups (broad SMARTS) is 1. The van der Waals surface area contributed by atoms with E-state index in [2.05, 4.69) is 33.6 Å². The molecule has 4 unspecified atom stereocenters. The zero-order valence-electron chi connectivity index (χ0n) is 21.4. The number of aromatic nitrogens is 1. The lowest BCUT2D eigenvalue weighted by atomic mass is 10.0. The van der Waals surface area contributed by atoms with E-state index in [-0.39, 0.29) is 18.6 Å². The van der Waals surface area contributed by atoms with E-state index in [1.165, 1.54) is 11.8 Å². The highest BCUT2D eigenvalue weighted by molar-refractivity contribution is 7.98. The van der Waals surface area contributed by atoms with Gasteiger partial charge in [-0.25, -0.2) is 4.79 Å². The van der Waals surface area contributed by atoms with Crippen molar-refractivity contribution in [2.24, 2.45) is 11.5 Å². The monoisotopic (exact) mass is 566 g/mol. The second kappa shape index (κ2) is 16.3. The molecule has 0 aliphatic rings. The molecule has 9 N–H and O–H groups in total. The van der Waals surface area contributed by atoms with Crippen molar-refractivity contribution in [1.29, 1.82) is 0 Å². The fourth-order valence-electron chi connectivity index (χ4n) is 3.89. The standard InChI is InChI=1S/C25H38N6O5S2/c1-38-11-9-20(30-23(33)19(8-4-5-10-26)29-22(32)17(27)14-37)24(34)31-21(25(35)36)12-15-13-28-18-7-3-2-6-16(15)18/h2-3,6-7,13,17,19-21,28,37H,4-5,8-12,14,26-27H2,1H3,(H,29,32)(H,30,33)(H,31,34)(H,35,36). The number of carbonyl (C=O) groups is 4. The number of H-pyrrole nitrogens is 1. The summed E-state index contributed by atoms with van der Waals surface area (Å²) in [6.45, 7) is 0.435. The van der Waals surface area contributed by atoms with Crippen molar-refractivity contribution in [2.75, 3.05) is 24.3 Å². The number of rotatable bonds is 17. The molecule has 210 valence electrons. The van der Waals surface area contributed by atoms with Gasteiger partial charge in [0.1, 0.15) is 18.1 Å². The van der Waals surface area contributed by atoms with Crippen LogP contribution in [0, 0.1) is 0 Å². The summed E-state index contributed by atoms with van der Waals surface area (Å²) in [7, 11) is 0. The van der Waals surface area contributed by atoms with E-state index >= 15 is 0 Å². The van der Waals surface area contributed by atoms with Gasteiger partial charge in [-0.3, -0.25) is 14.4 Å². The minimum absolute atomic E-state index is 0.0632. The topological polar surface area (TPSA) is 192 Å². The van der Waals surface area contributed by atoms with Crippen LogP contribution in [0.2, 0.25) is 0 Å². The van der Waals surface area contributed by atoms with Crippen molar-refractivity contribution in [2.45, 2.75) is 56.3 Å². The number of unbranched alkanes of at least 4 members (excludes halogenated alkanes) is 1. The molecule has 1 heterocycles. The summed E-state index contributed by atoms with van der Waals surface area (Å²) in [6.07, 6.45) is 5.47. The van der Waals surface area contributed by atoms with Crippen molar-refractivity contribution in [3.05, 3.63) is 36.0 Å². The van der Waals surface area contributed by atoms with Crippen LogP contribution in [0.15, 0.2) is 30.5 Å². The molecule has 0 radical (unpaired) electrons. The number of aromatic amines is 1. The third-order valence-corrected chi connectivity index (χ3v) is 7.11. The molecule has 2 aromatic rings. The smallest absolute Gasteiger partial charge is 0.326 e. The molecule has 1 aromatic carbocycles. The van der Waals surface area contributed by atoms with Gasteiger partial charge < -0.3 is 37.5 Å². The Balaban J connectivity index is 2.15. The minimum Gasteiger partial charge on any atom is -0.480 e. The Morgan fingerprint density at radius 1 is 1.00 bits per heavy atom. The molecule has 0 aliphatic carbocycles. The van der Waals surface area contributed by atoms with Crippen molar-refractivity contribution in [3.8, 4) is 0 Å². The fraction of sp³-hybridized carbons (Fsp3) is 0.520. The number of para-hydroxylation sites is 1. The third-order valence-electron chi connectivity index (χ3n) is 6.07. The molecule has 0 saturated heterocycles. The summed E-state index contributed by atoms with van der Waals surface area (Å²) in [4.78, 5) is 53.8. The number of carbonyl (C=O) groups excluding carboxylic acids is 3. The van der Waals surface area contributed by atoms with Crippen LogP contribution in [0.4, 0.5) is 0 Å². The van der Waals surface area contributed by atoms with Gasteiger partial charge in [0.2, 0.25) is 17.7 Å². The second-order valence-electron chi connectivity index (χ2n) is 8.94. The van der Waals surface area contributed by atoms with E-state index in [1.54, 1.807) is 6.20 Å². The molecule has 0 saturated carbocycles. The predicted molar refractivity (Wildman–Crippen MR) is 153 cm³/mol. The first kappa shape index (κ1) is 31.5. The molecule has 1 aromatic heterocycles. The second-order valence-corrected chi connectivity index (χ2v) is 10.3. The number of hydrogen-bond donors (Lipinski definition) is 8. The Hall–Kier alpha value is -2.74. The van der Waals surface area contributed by atoms with Gasteiger partial charge in [-0.05, 0) is 55.9 Å². The quantitative estimate of drug-likeness (QED) is 0.0995. The van der Waals surface area contributed by atoms with Crippen LogP contribution >= 0.6 is 24.4 Å². The first-order valence-corrected chi connectivity index (χ1v) is 14.5. The number of amides is 3. The molecular formula is C25H38N6O5S2. The van der Waals surface area contributed by atoms with Crippen molar-refractivity contribution in [1.82, 2.24) is 20.9 Å². The zero-order chi connectivity index (χ0) is 28.1.